The summed E-state index contributed by atoms with van der Waals surface area (Å²) in [6.07, 6.45) is 0. The van der Waals surface area contributed by atoms with E-state index in [1.54, 1.807) is 11.9 Å². The van der Waals surface area contributed by atoms with Crippen LogP contribution in [0.25, 0.3) is 0 Å². The summed E-state index contributed by atoms with van der Waals surface area (Å²) >= 11 is 1.32. The van der Waals surface area contributed by atoms with Gasteiger partial charge in [-0.3, -0.25) is 4.79 Å². The Morgan fingerprint density at radius 2 is 1.75 bits per heavy atom. The van der Waals surface area contributed by atoms with Crippen LogP contribution in [0.5, 0.6) is 0 Å². The fourth-order valence-corrected chi connectivity index (χ4v) is 2.96. The minimum atomic E-state index is -0.445. The highest BCUT2D eigenvalue weighted by Crippen LogP contribution is 2.17. The number of ether oxygens (including phenoxy) is 1. The molecule has 0 unspecified atom stereocenters. The van der Waals surface area contributed by atoms with E-state index in [-0.39, 0.29) is 12.5 Å². The van der Waals surface area contributed by atoms with Crippen LogP contribution in [0.1, 0.15) is 20.8 Å². The number of carbonyl (C=O) groups excluding carboxylic acids is 2. The Kier molecular flexibility index (Phi) is 5.98. The fourth-order valence-electron chi connectivity index (χ4n) is 2.15. The maximum Gasteiger partial charge on any atom is 0.349 e. The summed E-state index contributed by atoms with van der Waals surface area (Å²) < 4.78 is 5.11. The van der Waals surface area contributed by atoms with Crippen LogP contribution in [-0.4, -0.2) is 44.5 Å². The second-order valence-electron chi connectivity index (χ2n) is 5.82. The first-order chi connectivity index (χ1) is 11.4. The number of hydrogen-bond acceptors (Lipinski definition) is 5. The van der Waals surface area contributed by atoms with Crippen molar-refractivity contribution in [2.75, 3.05) is 32.6 Å². The Balaban J connectivity index is 1.86. The minimum absolute atomic E-state index is 0.228. The molecular formula is C18H22N2O3S. The lowest BCUT2D eigenvalue weighted by atomic mass is 10.2. The van der Waals surface area contributed by atoms with Crippen molar-refractivity contribution in [3.63, 3.8) is 0 Å². The second kappa shape index (κ2) is 7.97. The SMILES string of the molecule is Cc1ccsc1C(=O)OCC(=O)N(C)Cc1ccc(N(C)C)cc1. The van der Waals surface area contributed by atoms with E-state index < -0.39 is 5.97 Å². The highest BCUT2D eigenvalue weighted by molar-refractivity contribution is 7.12. The van der Waals surface area contributed by atoms with Crippen molar-refractivity contribution in [3.05, 3.63) is 51.7 Å². The second-order valence-corrected chi connectivity index (χ2v) is 6.74. The van der Waals surface area contributed by atoms with Crippen molar-refractivity contribution in [2.45, 2.75) is 13.5 Å². The molecule has 1 amide bonds. The van der Waals surface area contributed by atoms with Crippen LogP contribution < -0.4 is 4.90 Å². The first-order valence-corrected chi connectivity index (χ1v) is 8.48. The maximum atomic E-state index is 12.1. The molecule has 1 heterocycles. The maximum absolute atomic E-state index is 12.1. The molecule has 5 nitrogen and oxygen atoms in total. The van der Waals surface area contributed by atoms with Gasteiger partial charge in [0.1, 0.15) is 4.88 Å². The highest BCUT2D eigenvalue weighted by Gasteiger charge is 2.16. The lowest BCUT2D eigenvalue weighted by Gasteiger charge is -2.18. The molecule has 0 spiro atoms. The molecule has 0 radical (unpaired) electrons. The molecule has 1 aromatic heterocycles. The standard InChI is InChI=1S/C18H22N2O3S/c1-13-9-10-24-17(13)18(22)23-12-16(21)20(4)11-14-5-7-15(8-6-14)19(2)3/h5-10H,11-12H2,1-4H3. The molecule has 0 N–H and O–H groups in total. The third kappa shape index (κ3) is 4.58. The van der Waals surface area contributed by atoms with Crippen molar-refractivity contribution in [2.24, 2.45) is 0 Å². The van der Waals surface area contributed by atoms with E-state index in [1.807, 2.05) is 61.6 Å². The van der Waals surface area contributed by atoms with Crippen LogP contribution in [0.4, 0.5) is 5.69 Å². The van der Waals surface area contributed by atoms with Crippen molar-refractivity contribution >= 4 is 28.9 Å². The van der Waals surface area contributed by atoms with E-state index in [0.29, 0.717) is 11.4 Å². The average molecular weight is 346 g/mol. The zero-order valence-electron chi connectivity index (χ0n) is 14.4. The zero-order valence-corrected chi connectivity index (χ0v) is 15.2. The summed E-state index contributed by atoms with van der Waals surface area (Å²) in [7, 11) is 5.66. The normalized spacial score (nSPS) is 10.3. The van der Waals surface area contributed by atoms with Gasteiger partial charge < -0.3 is 14.5 Å². The van der Waals surface area contributed by atoms with Crippen molar-refractivity contribution in [3.8, 4) is 0 Å². The summed E-state index contributed by atoms with van der Waals surface area (Å²) in [6, 6.07) is 9.84. The predicted octanol–water partition coefficient (Wildman–Crippen LogP) is 2.94. The summed E-state index contributed by atoms with van der Waals surface area (Å²) in [5, 5.41) is 1.83. The number of aryl methyl sites for hydroxylation is 1. The van der Waals surface area contributed by atoms with Crippen LogP contribution in [0.15, 0.2) is 35.7 Å². The van der Waals surface area contributed by atoms with Gasteiger partial charge in [0, 0.05) is 33.4 Å². The number of carbonyl (C=O) groups is 2. The largest absolute Gasteiger partial charge is 0.451 e. The summed E-state index contributed by atoms with van der Waals surface area (Å²) in [6.45, 7) is 2.07. The van der Waals surface area contributed by atoms with Gasteiger partial charge in [-0.2, -0.15) is 0 Å². The van der Waals surface area contributed by atoms with Crippen LogP contribution >= 0.6 is 11.3 Å². The van der Waals surface area contributed by atoms with Crippen LogP contribution in [0.3, 0.4) is 0 Å². The molecule has 24 heavy (non-hydrogen) atoms. The Bertz CT molecular complexity index is 707. The first-order valence-electron chi connectivity index (χ1n) is 7.60. The molecule has 6 heteroatoms. The summed E-state index contributed by atoms with van der Waals surface area (Å²) in [4.78, 5) is 28.2. The minimum Gasteiger partial charge on any atom is -0.451 e. The van der Waals surface area contributed by atoms with E-state index in [9.17, 15) is 9.59 Å². The Morgan fingerprint density at radius 1 is 1.08 bits per heavy atom. The van der Waals surface area contributed by atoms with Gasteiger partial charge in [0.05, 0.1) is 0 Å². The zero-order chi connectivity index (χ0) is 17.7. The number of nitrogens with zero attached hydrogens (tertiary/aromatic N) is 2. The number of likely N-dealkylation sites (N-methyl/N-ethyl adjacent to an activating group) is 1. The van der Waals surface area contributed by atoms with Gasteiger partial charge in [0.25, 0.3) is 5.91 Å². The quantitative estimate of drug-likeness (QED) is 0.755. The monoisotopic (exact) mass is 346 g/mol. The molecule has 128 valence electrons. The first kappa shape index (κ1) is 18.0. The van der Waals surface area contributed by atoms with Crippen LogP contribution in [-0.2, 0) is 16.1 Å². The lowest BCUT2D eigenvalue weighted by Crippen LogP contribution is -2.30. The molecule has 0 saturated carbocycles. The predicted molar refractivity (Wildman–Crippen MR) is 96.6 cm³/mol. The Labute approximate surface area is 146 Å². The Hall–Kier alpha value is -2.34. The fraction of sp³-hybridized carbons (Fsp3) is 0.333. The van der Waals surface area contributed by atoms with Gasteiger partial charge in [-0.25, -0.2) is 4.79 Å². The van der Waals surface area contributed by atoms with E-state index in [0.717, 1.165) is 16.8 Å². The number of esters is 1. The highest BCUT2D eigenvalue weighted by atomic mass is 32.1. The van der Waals surface area contributed by atoms with E-state index in [1.165, 1.54) is 11.3 Å². The molecule has 0 atom stereocenters. The molecular weight excluding hydrogens is 324 g/mol. The third-order valence-corrected chi connectivity index (χ3v) is 4.67. The number of anilines is 1. The van der Waals surface area contributed by atoms with Crippen molar-refractivity contribution < 1.29 is 14.3 Å². The topological polar surface area (TPSA) is 49.9 Å². The molecule has 2 rings (SSSR count). The molecule has 0 aliphatic rings. The Morgan fingerprint density at radius 3 is 2.29 bits per heavy atom. The lowest BCUT2D eigenvalue weighted by molar-refractivity contribution is -0.133. The van der Waals surface area contributed by atoms with Gasteiger partial charge in [-0.05, 0) is 41.6 Å². The van der Waals surface area contributed by atoms with Gasteiger partial charge in [0.2, 0.25) is 0 Å². The number of hydrogen-bond donors (Lipinski definition) is 0. The summed E-state index contributed by atoms with van der Waals surface area (Å²) in [5.74, 6) is -0.672. The molecule has 1 aromatic carbocycles. The molecule has 0 aliphatic heterocycles. The van der Waals surface area contributed by atoms with E-state index in [2.05, 4.69) is 0 Å². The van der Waals surface area contributed by atoms with E-state index >= 15 is 0 Å². The van der Waals surface area contributed by atoms with Crippen molar-refractivity contribution in [1.29, 1.82) is 0 Å². The molecule has 0 bridgehead atoms. The molecule has 0 saturated heterocycles. The van der Waals surface area contributed by atoms with Crippen LogP contribution in [0.2, 0.25) is 0 Å². The van der Waals surface area contributed by atoms with Gasteiger partial charge >= 0.3 is 5.97 Å². The van der Waals surface area contributed by atoms with Gasteiger partial charge in [-0.15, -0.1) is 11.3 Å². The molecule has 0 fully saturated rings. The number of rotatable bonds is 6. The van der Waals surface area contributed by atoms with Crippen molar-refractivity contribution in [1.82, 2.24) is 4.90 Å². The number of thiophene rings is 1. The third-order valence-electron chi connectivity index (χ3n) is 3.67. The number of benzene rings is 1. The van der Waals surface area contributed by atoms with Gasteiger partial charge in [0.15, 0.2) is 6.61 Å². The summed E-state index contributed by atoms with van der Waals surface area (Å²) in [5.41, 5.74) is 3.00. The van der Waals surface area contributed by atoms with E-state index in [4.69, 9.17) is 4.74 Å². The average Bonchev–Trinajstić information content (AvgIpc) is 2.98. The number of amides is 1. The molecule has 0 aliphatic carbocycles. The van der Waals surface area contributed by atoms with Gasteiger partial charge in [-0.1, -0.05) is 12.1 Å². The molecule has 2 aromatic rings. The van der Waals surface area contributed by atoms with Crippen LogP contribution in [0, 0.1) is 6.92 Å². The smallest absolute Gasteiger partial charge is 0.349 e.